The minimum Gasteiger partial charge on any atom is -0.357 e. The topological polar surface area (TPSA) is 86.8 Å². The van der Waals surface area contributed by atoms with Gasteiger partial charge in [-0.15, -0.1) is 0 Å². The quantitative estimate of drug-likeness (QED) is 0.566. The molecule has 2 amide bonds. The Bertz CT molecular complexity index is 1020. The lowest BCUT2D eigenvalue weighted by Crippen LogP contribution is -2.46. The van der Waals surface area contributed by atoms with Gasteiger partial charge >= 0.3 is 0 Å². The minimum absolute atomic E-state index is 0.104. The van der Waals surface area contributed by atoms with Crippen molar-refractivity contribution in [3.05, 3.63) is 64.7 Å². The monoisotopic (exact) mass is 479 g/mol. The lowest BCUT2D eigenvalue weighted by molar-refractivity contribution is -0.140. The highest BCUT2D eigenvalue weighted by atomic mass is 35.5. The summed E-state index contributed by atoms with van der Waals surface area (Å²) in [6, 6.07) is 13.6. The highest BCUT2D eigenvalue weighted by Gasteiger charge is 2.26. The number of amides is 2. The van der Waals surface area contributed by atoms with Crippen LogP contribution in [0, 0.1) is 6.92 Å². The van der Waals surface area contributed by atoms with Crippen LogP contribution in [0.3, 0.4) is 0 Å². The summed E-state index contributed by atoms with van der Waals surface area (Å²) in [5.74, 6) is -0.502. The van der Waals surface area contributed by atoms with E-state index >= 15 is 0 Å². The second-order valence-electron chi connectivity index (χ2n) is 7.71. The van der Waals surface area contributed by atoms with Crippen LogP contribution in [0.2, 0.25) is 5.02 Å². The van der Waals surface area contributed by atoms with Crippen molar-refractivity contribution in [2.45, 2.75) is 39.3 Å². The molecule has 7 nitrogen and oxygen atoms in total. The van der Waals surface area contributed by atoms with Crippen molar-refractivity contribution < 1.29 is 18.0 Å². The summed E-state index contributed by atoms with van der Waals surface area (Å²) in [4.78, 5) is 26.8. The van der Waals surface area contributed by atoms with Crippen molar-refractivity contribution in [1.29, 1.82) is 0 Å². The number of nitrogens with one attached hydrogen (secondary N) is 1. The molecule has 2 rings (SSSR count). The molecule has 0 saturated carbocycles. The molecular formula is C23H30ClN3O4S. The van der Waals surface area contributed by atoms with Gasteiger partial charge in [-0.05, 0) is 50.1 Å². The molecule has 0 unspecified atom stereocenters. The molecule has 0 bridgehead atoms. The van der Waals surface area contributed by atoms with Gasteiger partial charge in [0.2, 0.25) is 21.8 Å². The Morgan fingerprint density at radius 3 is 2.19 bits per heavy atom. The zero-order valence-corrected chi connectivity index (χ0v) is 20.4. The lowest BCUT2D eigenvalue weighted by Gasteiger charge is -2.29. The van der Waals surface area contributed by atoms with Crippen LogP contribution in [0.4, 0.5) is 5.69 Å². The maximum absolute atomic E-state index is 13.0. The average molecular weight is 480 g/mol. The van der Waals surface area contributed by atoms with E-state index in [0.717, 1.165) is 17.4 Å². The molecule has 0 spiro atoms. The second-order valence-corrected chi connectivity index (χ2v) is 10.1. The summed E-state index contributed by atoms with van der Waals surface area (Å²) >= 11 is 5.94. The Hall–Kier alpha value is -2.58. The van der Waals surface area contributed by atoms with Gasteiger partial charge in [-0.25, -0.2) is 8.42 Å². The van der Waals surface area contributed by atoms with Crippen LogP contribution < -0.4 is 9.62 Å². The Morgan fingerprint density at radius 2 is 1.66 bits per heavy atom. The van der Waals surface area contributed by atoms with Gasteiger partial charge in [-0.3, -0.25) is 13.9 Å². The number of carbonyl (C=O) groups is 2. The van der Waals surface area contributed by atoms with E-state index in [1.165, 1.54) is 16.3 Å². The molecule has 1 atom stereocenters. The largest absolute Gasteiger partial charge is 0.357 e. The van der Waals surface area contributed by atoms with Crippen molar-refractivity contribution >= 4 is 39.1 Å². The molecule has 32 heavy (non-hydrogen) atoms. The van der Waals surface area contributed by atoms with E-state index in [4.69, 9.17) is 11.6 Å². The van der Waals surface area contributed by atoms with Crippen molar-refractivity contribution in [2.24, 2.45) is 0 Å². The van der Waals surface area contributed by atoms with Gasteiger partial charge in [0.05, 0.1) is 11.9 Å². The van der Waals surface area contributed by atoms with Crippen LogP contribution in [-0.4, -0.2) is 51.0 Å². The maximum atomic E-state index is 13.0. The first-order valence-electron chi connectivity index (χ1n) is 10.3. The number of aryl methyl sites for hydroxylation is 1. The molecular weight excluding hydrogens is 450 g/mol. The number of hydrogen-bond acceptors (Lipinski definition) is 4. The van der Waals surface area contributed by atoms with Gasteiger partial charge in [0.25, 0.3) is 0 Å². The van der Waals surface area contributed by atoms with E-state index in [0.29, 0.717) is 17.1 Å². The van der Waals surface area contributed by atoms with Gasteiger partial charge in [-0.1, -0.05) is 41.4 Å². The summed E-state index contributed by atoms with van der Waals surface area (Å²) in [7, 11) is -1.98. The molecule has 0 saturated heterocycles. The first-order valence-corrected chi connectivity index (χ1v) is 12.6. The fourth-order valence-electron chi connectivity index (χ4n) is 3.29. The smallest absolute Gasteiger partial charge is 0.242 e. The number of carbonyl (C=O) groups excluding carboxylic acids is 2. The number of hydrogen-bond donors (Lipinski definition) is 1. The third kappa shape index (κ3) is 7.24. The highest BCUT2D eigenvalue weighted by molar-refractivity contribution is 7.92. The number of anilines is 1. The molecule has 0 fully saturated rings. The van der Waals surface area contributed by atoms with Crippen LogP contribution >= 0.6 is 11.6 Å². The minimum atomic E-state index is -3.50. The van der Waals surface area contributed by atoms with Crippen LogP contribution in [0.15, 0.2) is 48.5 Å². The average Bonchev–Trinajstić information content (AvgIpc) is 2.75. The summed E-state index contributed by atoms with van der Waals surface area (Å²) in [6.07, 6.45) is 1.57. The SMILES string of the molecule is CNC(=O)[C@@H](C)N(Cc1ccc(Cl)cc1)C(=O)CCCN(c1ccc(C)cc1)S(C)(=O)=O. The predicted octanol–water partition coefficient (Wildman–Crippen LogP) is 3.36. The molecule has 0 aliphatic rings. The Labute approximate surface area is 195 Å². The van der Waals surface area contributed by atoms with Crippen molar-refractivity contribution in [3.63, 3.8) is 0 Å². The number of sulfonamides is 1. The molecule has 2 aromatic rings. The normalized spacial score (nSPS) is 12.2. The zero-order valence-electron chi connectivity index (χ0n) is 18.8. The van der Waals surface area contributed by atoms with E-state index in [1.807, 2.05) is 31.2 Å². The fraction of sp³-hybridized carbons (Fsp3) is 0.391. The van der Waals surface area contributed by atoms with Crippen LogP contribution in [-0.2, 0) is 26.2 Å². The summed E-state index contributed by atoms with van der Waals surface area (Å²) in [5, 5.41) is 3.16. The van der Waals surface area contributed by atoms with Crippen LogP contribution in [0.25, 0.3) is 0 Å². The van der Waals surface area contributed by atoms with Gasteiger partial charge in [0, 0.05) is 31.6 Å². The zero-order chi connectivity index (χ0) is 23.9. The Balaban J connectivity index is 2.12. The Kier molecular flexibility index (Phi) is 9.09. The third-order valence-corrected chi connectivity index (χ3v) is 6.60. The first-order chi connectivity index (χ1) is 15.0. The molecule has 174 valence electrons. The summed E-state index contributed by atoms with van der Waals surface area (Å²) in [6.45, 7) is 4.01. The van der Waals surface area contributed by atoms with E-state index < -0.39 is 16.1 Å². The van der Waals surface area contributed by atoms with Crippen LogP contribution in [0.5, 0.6) is 0 Å². The molecule has 0 aliphatic heterocycles. The van der Waals surface area contributed by atoms with Crippen molar-refractivity contribution in [2.75, 3.05) is 24.2 Å². The van der Waals surface area contributed by atoms with Crippen LogP contribution in [0.1, 0.15) is 30.9 Å². The predicted molar refractivity (Wildman–Crippen MR) is 128 cm³/mol. The van der Waals surface area contributed by atoms with Gasteiger partial charge in [0.1, 0.15) is 6.04 Å². The van der Waals surface area contributed by atoms with Crippen molar-refractivity contribution in [3.8, 4) is 0 Å². The van der Waals surface area contributed by atoms with Gasteiger partial charge in [-0.2, -0.15) is 0 Å². The molecule has 2 aromatic carbocycles. The van der Waals surface area contributed by atoms with Gasteiger partial charge in [0.15, 0.2) is 0 Å². The van der Waals surface area contributed by atoms with E-state index in [9.17, 15) is 18.0 Å². The number of nitrogens with zero attached hydrogens (tertiary/aromatic N) is 2. The van der Waals surface area contributed by atoms with Crippen molar-refractivity contribution in [1.82, 2.24) is 10.2 Å². The summed E-state index contributed by atoms with van der Waals surface area (Å²) in [5.41, 5.74) is 2.43. The van der Waals surface area contributed by atoms with E-state index in [1.54, 1.807) is 31.2 Å². The molecule has 1 N–H and O–H groups in total. The van der Waals surface area contributed by atoms with E-state index in [2.05, 4.69) is 5.32 Å². The molecule has 9 heteroatoms. The number of rotatable bonds is 10. The standard InChI is InChI=1S/C23H30ClN3O4S/c1-17-7-13-21(14-8-17)27(32(4,30)31)15-5-6-22(28)26(18(2)23(29)25-3)16-19-9-11-20(24)12-10-19/h7-14,18H,5-6,15-16H2,1-4H3,(H,25,29)/t18-/m1/s1. The molecule has 0 aliphatic carbocycles. The highest BCUT2D eigenvalue weighted by Crippen LogP contribution is 2.20. The second kappa shape index (κ2) is 11.3. The van der Waals surface area contributed by atoms with E-state index in [-0.39, 0.29) is 31.3 Å². The lowest BCUT2D eigenvalue weighted by atomic mass is 10.1. The van der Waals surface area contributed by atoms with Gasteiger partial charge < -0.3 is 10.2 Å². The molecule has 0 radical (unpaired) electrons. The number of halogens is 1. The summed E-state index contributed by atoms with van der Waals surface area (Å²) < 4.78 is 25.9. The number of likely N-dealkylation sites (N-methyl/N-ethyl adjacent to an activating group) is 1. The Morgan fingerprint density at radius 1 is 1.06 bits per heavy atom. The first kappa shape index (κ1) is 25.7. The third-order valence-electron chi connectivity index (χ3n) is 5.15. The molecule has 0 aromatic heterocycles. The maximum Gasteiger partial charge on any atom is 0.242 e. The fourth-order valence-corrected chi connectivity index (χ4v) is 4.38. The molecule has 0 heterocycles. The number of benzene rings is 2.